The third-order valence-corrected chi connectivity index (χ3v) is 4.82. The number of fused-ring (bicyclic) bond motifs is 2. The number of hydrogen-bond donors (Lipinski definition) is 2. The van der Waals surface area contributed by atoms with E-state index >= 15 is 0 Å². The molecule has 2 N–H and O–H groups in total. The molecule has 2 aromatic rings. The number of aliphatic carboxylic acids is 2. The van der Waals surface area contributed by atoms with Gasteiger partial charge in [0.15, 0.2) is 0 Å². The summed E-state index contributed by atoms with van der Waals surface area (Å²) in [5.41, 5.74) is 3.04. The predicted octanol–water partition coefficient (Wildman–Crippen LogP) is 2.56. The van der Waals surface area contributed by atoms with Crippen molar-refractivity contribution in [2.24, 2.45) is 0 Å². The van der Waals surface area contributed by atoms with E-state index in [0.717, 1.165) is 37.3 Å². The molecule has 0 aliphatic carbocycles. The molecule has 2 atom stereocenters. The molecule has 0 saturated carbocycles. The van der Waals surface area contributed by atoms with Crippen LogP contribution in [0.25, 0.3) is 11.3 Å². The fourth-order valence-electron chi connectivity index (χ4n) is 3.47. The fraction of sp³-hybridized carbons (Fsp3) is 0.250. The summed E-state index contributed by atoms with van der Waals surface area (Å²) in [5, 5.41) is 14.8. The monoisotopic (exact) mass is 370 g/mol. The second-order valence-electron chi connectivity index (χ2n) is 6.60. The molecule has 6 nitrogen and oxygen atoms in total. The maximum absolute atomic E-state index is 13.3. The molecule has 0 radical (unpaired) electrons. The third kappa shape index (κ3) is 4.20. The highest BCUT2D eigenvalue weighted by molar-refractivity contribution is 6.27. The van der Waals surface area contributed by atoms with E-state index in [1.54, 1.807) is 6.07 Å². The molecule has 2 unspecified atom stereocenters. The molecule has 27 heavy (non-hydrogen) atoms. The van der Waals surface area contributed by atoms with Crippen LogP contribution < -0.4 is 0 Å². The minimum absolute atomic E-state index is 0.131. The lowest BCUT2D eigenvalue weighted by Gasteiger charge is -2.29. The van der Waals surface area contributed by atoms with E-state index < -0.39 is 11.9 Å². The minimum Gasteiger partial charge on any atom is -0.473 e. The van der Waals surface area contributed by atoms with Gasteiger partial charge in [-0.2, -0.15) is 0 Å². The van der Waals surface area contributed by atoms with Crippen molar-refractivity contribution >= 4 is 11.9 Å². The lowest BCUT2D eigenvalue weighted by Crippen LogP contribution is -2.33. The van der Waals surface area contributed by atoms with Crippen LogP contribution in [0.2, 0.25) is 0 Å². The second-order valence-corrected chi connectivity index (χ2v) is 6.60. The van der Waals surface area contributed by atoms with Crippen molar-refractivity contribution in [3.8, 4) is 11.3 Å². The first-order chi connectivity index (χ1) is 12.9. The number of rotatable bonds is 2. The SMILES string of the molecule is Fc1cccc(-c2ccc(C34C=CCN(CC3)C4)cn2)c1.O=C(O)C(=O)O. The summed E-state index contributed by atoms with van der Waals surface area (Å²) in [4.78, 5) is 25.2. The average molecular weight is 370 g/mol. The molecule has 1 fully saturated rings. The summed E-state index contributed by atoms with van der Waals surface area (Å²) in [6, 6.07) is 10.7. The van der Waals surface area contributed by atoms with Gasteiger partial charge in [-0.1, -0.05) is 30.4 Å². The van der Waals surface area contributed by atoms with Crippen LogP contribution in [0.15, 0.2) is 54.7 Å². The molecule has 1 saturated heterocycles. The predicted molar refractivity (Wildman–Crippen MR) is 96.8 cm³/mol. The molecule has 0 spiro atoms. The van der Waals surface area contributed by atoms with Gasteiger partial charge in [0.05, 0.1) is 5.69 Å². The van der Waals surface area contributed by atoms with E-state index in [-0.39, 0.29) is 11.2 Å². The molecule has 140 valence electrons. The maximum atomic E-state index is 13.3. The smallest absolute Gasteiger partial charge is 0.414 e. The van der Waals surface area contributed by atoms with E-state index in [9.17, 15) is 4.39 Å². The van der Waals surface area contributed by atoms with Crippen LogP contribution in [-0.2, 0) is 15.0 Å². The van der Waals surface area contributed by atoms with Crippen molar-refractivity contribution in [2.45, 2.75) is 11.8 Å². The van der Waals surface area contributed by atoms with Gasteiger partial charge in [-0.3, -0.25) is 9.88 Å². The molecule has 0 amide bonds. The third-order valence-electron chi connectivity index (χ3n) is 4.82. The zero-order valence-corrected chi connectivity index (χ0v) is 14.5. The Labute approximate surface area is 155 Å². The van der Waals surface area contributed by atoms with Gasteiger partial charge in [0, 0.05) is 30.3 Å². The quantitative estimate of drug-likeness (QED) is 0.624. The molecular formula is C20H19FN2O4. The van der Waals surface area contributed by atoms with E-state index in [1.165, 1.54) is 17.7 Å². The average Bonchev–Trinajstić information content (AvgIpc) is 2.97. The van der Waals surface area contributed by atoms with Gasteiger partial charge >= 0.3 is 11.9 Å². The molecular weight excluding hydrogens is 351 g/mol. The molecule has 2 aliphatic heterocycles. The molecule has 1 aromatic carbocycles. The van der Waals surface area contributed by atoms with Gasteiger partial charge in [0.25, 0.3) is 0 Å². The fourth-order valence-corrected chi connectivity index (χ4v) is 3.47. The van der Waals surface area contributed by atoms with Crippen LogP contribution in [0.1, 0.15) is 12.0 Å². The van der Waals surface area contributed by atoms with Gasteiger partial charge in [0.2, 0.25) is 0 Å². The Morgan fingerprint density at radius 2 is 1.93 bits per heavy atom. The van der Waals surface area contributed by atoms with Crippen molar-refractivity contribution in [1.29, 1.82) is 0 Å². The summed E-state index contributed by atoms with van der Waals surface area (Å²) < 4.78 is 13.3. The summed E-state index contributed by atoms with van der Waals surface area (Å²) in [6.45, 7) is 3.31. The van der Waals surface area contributed by atoms with Gasteiger partial charge in [-0.15, -0.1) is 0 Å². The topological polar surface area (TPSA) is 90.7 Å². The van der Waals surface area contributed by atoms with Crippen molar-refractivity contribution in [2.75, 3.05) is 19.6 Å². The van der Waals surface area contributed by atoms with Gasteiger partial charge in [0.1, 0.15) is 5.82 Å². The second kappa shape index (κ2) is 7.67. The Hall–Kier alpha value is -3.06. The van der Waals surface area contributed by atoms with Crippen molar-refractivity contribution in [3.63, 3.8) is 0 Å². The molecule has 4 rings (SSSR count). The van der Waals surface area contributed by atoms with Crippen LogP contribution in [0, 0.1) is 5.82 Å². The molecule has 2 aliphatic rings. The first kappa shape index (κ1) is 18.7. The van der Waals surface area contributed by atoms with Crippen LogP contribution >= 0.6 is 0 Å². The zero-order valence-electron chi connectivity index (χ0n) is 14.5. The van der Waals surface area contributed by atoms with Crippen LogP contribution in [0.5, 0.6) is 0 Å². The van der Waals surface area contributed by atoms with E-state index in [2.05, 4.69) is 28.1 Å². The number of carboxylic acid groups (broad SMARTS) is 2. The normalized spacial score (nSPS) is 22.6. The van der Waals surface area contributed by atoms with Crippen LogP contribution in [-0.4, -0.2) is 51.7 Å². The van der Waals surface area contributed by atoms with E-state index in [4.69, 9.17) is 19.8 Å². The molecule has 3 heterocycles. The number of halogens is 1. The summed E-state index contributed by atoms with van der Waals surface area (Å²) in [7, 11) is 0. The van der Waals surface area contributed by atoms with Crippen LogP contribution in [0.4, 0.5) is 4.39 Å². The summed E-state index contributed by atoms with van der Waals surface area (Å²) in [6.07, 6.45) is 7.72. The highest BCUT2D eigenvalue weighted by Gasteiger charge is 2.39. The minimum atomic E-state index is -1.82. The van der Waals surface area contributed by atoms with E-state index in [0.29, 0.717) is 0 Å². The van der Waals surface area contributed by atoms with Crippen molar-refractivity contribution in [1.82, 2.24) is 9.88 Å². The Morgan fingerprint density at radius 3 is 2.56 bits per heavy atom. The molecule has 7 heteroatoms. The molecule has 2 bridgehead atoms. The first-order valence-corrected chi connectivity index (χ1v) is 8.48. The van der Waals surface area contributed by atoms with Crippen molar-refractivity contribution < 1.29 is 24.2 Å². The Kier molecular flexibility index (Phi) is 5.32. The number of hydrogen-bond acceptors (Lipinski definition) is 4. The standard InChI is InChI=1S/C18H17FN2.C2H2O4/c19-16-4-1-3-14(11-16)17-6-5-15(12-20-17)18-7-2-9-21(13-18)10-8-18;3-1(4)2(5)6/h1-7,11-12H,8-10,13H2;(H,3,4)(H,5,6). The largest absolute Gasteiger partial charge is 0.473 e. The lowest BCUT2D eigenvalue weighted by atomic mass is 9.79. The highest BCUT2D eigenvalue weighted by Crippen LogP contribution is 2.38. The number of pyridine rings is 1. The Balaban J connectivity index is 0.000000307. The van der Waals surface area contributed by atoms with Gasteiger partial charge in [-0.05, 0) is 36.7 Å². The van der Waals surface area contributed by atoms with Gasteiger partial charge in [-0.25, -0.2) is 14.0 Å². The van der Waals surface area contributed by atoms with Gasteiger partial charge < -0.3 is 10.2 Å². The molecule has 1 aromatic heterocycles. The lowest BCUT2D eigenvalue weighted by molar-refractivity contribution is -0.159. The number of carboxylic acids is 2. The Bertz CT molecular complexity index is 870. The highest BCUT2D eigenvalue weighted by atomic mass is 19.1. The maximum Gasteiger partial charge on any atom is 0.414 e. The summed E-state index contributed by atoms with van der Waals surface area (Å²) in [5.74, 6) is -3.87. The van der Waals surface area contributed by atoms with Crippen LogP contribution in [0.3, 0.4) is 0 Å². The summed E-state index contributed by atoms with van der Waals surface area (Å²) >= 11 is 0. The number of benzene rings is 1. The number of aromatic nitrogens is 1. The zero-order chi connectivity index (χ0) is 19.4. The van der Waals surface area contributed by atoms with E-state index in [1.807, 2.05) is 18.3 Å². The Morgan fingerprint density at radius 1 is 1.15 bits per heavy atom. The van der Waals surface area contributed by atoms with Crippen molar-refractivity contribution in [3.05, 3.63) is 66.1 Å². The first-order valence-electron chi connectivity index (χ1n) is 8.48. The number of carbonyl (C=O) groups is 2. The number of nitrogens with zero attached hydrogens (tertiary/aromatic N) is 2.